The average molecular weight is 417 g/mol. The molecule has 2 N–H and O–H groups in total. The highest BCUT2D eigenvalue weighted by molar-refractivity contribution is 8.01. The zero-order valence-electron chi connectivity index (χ0n) is 16.0. The number of hydrogen-bond donors (Lipinski definition) is 2. The van der Waals surface area contributed by atoms with Crippen LogP contribution in [0.5, 0.6) is 0 Å². The quantitative estimate of drug-likeness (QED) is 0.781. The molecule has 2 bridgehead atoms. The molecule has 1 aromatic carbocycles. The van der Waals surface area contributed by atoms with Gasteiger partial charge in [-0.2, -0.15) is 0 Å². The first kappa shape index (κ1) is 19.4. The fraction of sp³-hybridized carbons (Fsp3) is 0.450. The van der Waals surface area contributed by atoms with Crippen LogP contribution < -0.4 is 10.6 Å². The largest absolute Gasteiger partial charge is 0.347 e. The zero-order chi connectivity index (χ0) is 19.7. The van der Waals surface area contributed by atoms with Crippen molar-refractivity contribution in [1.82, 2.24) is 15.2 Å². The molecule has 28 heavy (non-hydrogen) atoms. The molecule has 3 saturated heterocycles. The van der Waals surface area contributed by atoms with E-state index in [4.69, 9.17) is 0 Å². The molecule has 148 valence electrons. The maximum absolute atomic E-state index is 12.7. The highest BCUT2D eigenvalue weighted by Gasteiger charge is 2.40. The molecule has 3 aliphatic rings. The molecule has 8 heteroatoms. The molecule has 0 radical (unpaired) electrons. The predicted molar refractivity (Wildman–Crippen MR) is 112 cm³/mol. The zero-order valence-corrected chi connectivity index (χ0v) is 17.6. The number of piperidine rings is 3. The fourth-order valence-corrected chi connectivity index (χ4v) is 5.98. The first-order valence-electron chi connectivity index (χ1n) is 9.56. The van der Waals surface area contributed by atoms with E-state index in [0.29, 0.717) is 22.7 Å². The summed E-state index contributed by atoms with van der Waals surface area (Å²) in [6.07, 6.45) is 4.11. The summed E-state index contributed by atoms with van der Waals surface area (Å²) >= 11 is 3.00. The predicted octanol–water partition coefficient (Wildman–Crippen LogP) is 3.47. The topological polar surface area (TPSA) is 74.3 Å². The van der Waals surface area contributed by atoms with Crippen molar-refractivity contribution < 1.29 is 9.59 Å². The Morgan fingerprint density at radius 1 is 1.21 bits per heavy atom. The third-order valence-corrected chi connectivity index (χ3v) is 7.60. The Morgan fingerprint density at radius 2 is 1.93 bits per heavy atom. The fourth-order valence-electron chi connectivity index (χ4n) is 4.09. The standard InChI is InChI=1S/C20H24N4O2S2/c1-12-18(14-7-9-24(12)10-8-14)23-19(26)15-3-5-16(6-4-15)27-17-11-21-20(28-17)22-13(2)25/h3-6,11-12,14,18H,7-10H2,1-2H3,(H,23,26)(H,21,22,25). The number of nitrogens with zero attached hydrogens (tertiary/aromatic N) is 2. The molecule has 2 amide bonds. The Morgan fingerprint density at radius 3 is 2.57 bits per heavy atom. The minimum atomic E-state index is -0.126. The molecule has 6 nitrogen and oxygen atoms in total. The number of aromatic nitrogens is 1. The van der Waals surface area contributed by atoms with Gasteiger partial charge in [0.05, 0.1) is 10.4 Å². The van der Waals surface area contributed by atoms with E-state index in [-0.39, 0.29) is 17.9 Å². The number of fused-ring (bicyclic) bond motifs is 3. The summed E-state index contributed by atoms with van der Waals surface area (Å²) < 4.78 is 0.988. The minimum Gasteiger partial charge on any atom is -0.347 e. The molecule has 0 aliphatic carbocycles. The Bertz CT molecular complexity index is 857. The summed E-state index contributed by atoms with van der Waals surface area (Å²) in [4.78, 5) is 31.5. The number of anilines is 1. The van der Waals surface area contributed by atoms with E-state index in [1.807, 2.05) is 24.3 Å². The summed E-state index contributed by atoms with van der Waals surface area (Å²) in [5, 5.41) is 6.55. The van der Waals surface area contributed by atoms with E-state index in [9.17, 15) is 9.59 Å². The maximum atomic E-state index is 12.7. The maximum Gasteiger partial charge on any atom is 0.251 e. The molecule has 1 aromatic heterocycles. The van der Waals surface area contributed by atoms with E-state index < -0.39 is 0 Å². The van der Waals surface area contributed by atoms with Crippen LogP contribution in [0.3, 0.4) is 0 Å². The van der Waals surface area contributed by atoms with Crippen molar-refractivity contribution in [2.45, 2.75) is 47.9 Å². The highest BCUT2D eigenvalue weighted by Crippen LogP contribution is 2.34. The molecule has 2 atom stereocenters. The average Bonchev–Trinajstić information content (AvgIpc) is 3.11. The number of benzene rings is 1. The highest BCUT2D eigenvalue weighted by atomic mass is 32.2. The van der Waals surface area contributed by atoms with Gasteiger partial charge in [0.1, 0.15) is 0 Å². The number of carbonyl (C=O) groups excluding carboxylic acids is 2. The van der Waals surface area contributed by atoms with E-state index >= 15 is 0 Å². The lowest BCUT2D eigenvalue weighted by molar-refractivity contribution is -0.114. The van der Waals surface area contributed by atoms with Crippen LogP contribution in [-0.2, 0) is 4.79 Å². The summed E-state index contributed by atoms with van der Waals surface area (Å²) in [6, 6.07) is 8.32. The second-order valence-electron chi connectivity index (χ2n) is 7.41. The van der Waals surface area contributed by atoms with Crippen LogP contribution >= 0.6 is 23.1 Å². The van der Waals surface area contributed by atoms with Crippen molar-refractivity contribution in [3.05, 3.63) is 36.0 Å². The van der Waals surface area contributed by atoms with Crippen LogP contribution in [-0.4, -0.2) is 46.9 Å². The monoisotopic (exact) mass is 416 g/mol. The van der Waals surface area contributed by atoms with Crippen LogP contribution in [0.1, 0.15) is 37.0 Å². The normalized spacial score (nSPS) is 26.1. The molecule has 0 saturated carbocycles. The SMILES string of the molecule is CC(=O)Nc1ncc(Sc2ccc(C(=O)NC3C4CCN(CC4)C3C)cc2)s1. The van der Waals surface area contributed by atoms with E-state index in [2.05, 4.69) is 27.4 Å². The van der Waals surface area contributed by atoms with Crippen molar-refractivity contribution in [3.8, 4) is 0 Å². The Labute approximate surface area is 173 Å². The van der Waals surface area contributed by atoms with Crippen molar-refractivity contribution in [3.63, 3.8) is 0 Å². The van der Waals surface area contributed by atoms with Crippen LogP contribution in [0.4, 0.5) is 5.13 Å². The molecule has 3 fully saturated rings. The minimum absolute atomic E-state index is 0.00730. The van der Waals surface area contributed by atoms with Gasteiger partial charge >= 0.3 is 0 Å². The van der Waals surface area contributed by atoms with Gasteiger partial charge in [-0.25, -0.2) is 4.98 Å². The Kier molecular flexibility index (Phi) is 5.70. The summed E-state index contributed by atoms with van der Waals surface area (Å²) in [6.45, 7) is 6.01. The number of nitrogens with one attached hydrogen (secondary N) is 2. The van der Waals surface area contributed by atoms with Gasteiger partial charge in [0.25, 0.3) is 5.91 Å². The molecule has 3 aliphatic heterocycles. The molecule has 5 rings (SSSR count). The third-order valence-electron chi connectivity index (χ3n) is 5.58. The summed E-state index contributed by atoms with van der Waals surface area (Å²) in [5.74, 6) is 0.481. The number of amides is 2. The Hall–Kier alpha value is -1.90. The van der Waals surface area contributed by atoms with Gasteiger partial charge in [-0.1, -0.05) is 23.1 Å². The molecular weight excluding hydrogens is 392 g/mol. The lowest BCUT2D eigenvalue weighted by Crippen LogP contribution is -2.62. The number of rotatable bonds is 5. The third kappa shape index (κ3) is 4.24. The van der Waals surface area contributed by atoms with E-state index in [1.165, 1.54) is 31.1 Å². The lowest BCUT2D eigenvalue weighted by atomic mass is 9.79. The molecule has 2 aromatic rings. The lowest BCUT2D eigenvalue weighted by Gasteiger charge is -2.49. The summed E-state index contributed by atoms with van der Waals surface area (Å²) in [7, 11) is 0. The number of thiazole rings is 1. The first-order valence-corrected chi connectivity index (χ1v) is 11.2. The van der Waals surface area contributed by atoms with Gasteiger partial charge in [0, 0.05) is 29.5 Å². The van der Waals surface area contributed by atoms with Crippen LogP contribution in [0.2, 0.25) is 0 Å². The summed E-state index contributed by atoms with van der Waals surface area (Å²) in [5.41, 5.74) is 0.691. The van der Waals surface area contributed by atoms with Gasteiger partial charge in [-0.3, -0.25) is 14.5 Å². The number of hydrogen-bond acceptors (Lipinski definition) is 6. The second kappa shape index (κ2) is 8.23. The van der Waals surface area contributed by atoms with E-state index in [1.54, 1.807) is 18.0 Å². The second-order valence-corrected chi connectivity index (χ2v) is 9.81. The van der Waals surface area contributed by atoms with Gasteiger partial charge in [-0.05, 0) is 63.0 Å². The van der Waals surface area contributed by atoms with Gasteiger partial charge in [0.2, 0.25) is 5.91 Å². The molecule has 2 unspecified atom stereocenters. The first-order chi connectivity index (χ1) is 13.5. The van der Waals surface area contributed by atoms with Crippen LogP contribution in [0.15, 0.2) is 39.6 Å². The smallest absolute Gasteiger partial charge is 0.251 e. The molecule has 0 spiro atoms. The van der Waals surface area contributed by atoms with Crippen LogP contribution in [0, 0.1) is 5.92 Å². The van der Waals surface area contributed by atoms with Crippen molar-refractivity contribution in [2.75, 3.05) is 18.4 Å². The van der Waals surface area contributed by atoms with Crippen molar-refractivity contribution in [2.24, 2.45) is 5.92 Å². The van der Waals surface area contributed by atoms with Gasteiger partial charge < -0.3 is 10.6 Å². The van der Waals surface area contributed by atoms with Crippen molar-refractivity contribution in [1.29, 1.82) is 0 Å². The molecular formula is C20H24N4O2S2. The molecule has 4 heterocycles. The number of carbonyl (C=O) groups is 2. The van der Waals surface area contributed by atoms with Gasteiger partial charge in [0.15, 0.2) is 5.13 Å². The van der Waals surface area contributed by atoms with Crippen LogP contribution in [0.25, 0.3) is 0 Å². The van der Waals surface area contributed by atoms with Gasteiger partial charge in [-0.15, -0.1) is 0 Å². The van der Waals surface area contributed by atoms with Crippen molar-refractivity contribution >= 4 is 40.0 Å². The van der Waals surface area contributed by atoms with E-state index in [0.717, 1.165) is 22.2 Å². The Balaban J connectivity index is 1.37.